The number of hydrogen-bond acceptors (Lipinski definition) is 2. The number of hydrogen-bond donors (Lipinski definition) is 1. The van der Waals surface area contributed by atoms with Gasteiger partial charge in [0.2, 0.25) is 0 Å². The summed E-state index contributed by atoms with van der Waals surface area (Å²) in [5.74, 6) is 1.23. The molecule has 5 nitrogen and oxygen atoms in total. The molecule has 0 bridgehead atoms. The van der Waals surface area contributed by atoms with E-state index in [1.807, 2.05) is 13.8 Å². The lowest BCUT2D eigenvalue weighted by Crippen LogP contribution is -2.47. The van der Waals surface area contributed by atoms with E-state index in [0.29, 0.717) is 0 Å². The number of carboxylic acid groups (broad SMARTS) is 1. The first-order valence-electron chi connectivity index (χ1n) is 5.61. The minimum absolute atomic E-state index is 0.00825. The van der Waals surface area contributed by atoms with Gasteiger partial charge in [-0.15, -0.1) is 6.42 Å². The van der Waals surface area contributed by atoms with Crippen LogP contribution in [0.4, 0.5) is 4.79 Å². The molecule has 5 heteroatoms. The molecule has 96 valence electrons. The molecule has 0 heterocycles. The van der Waals surface area contributed by atoms with Crippen LogP contribution in [0.1, 0.15) is 26.7 Å². The van der Waals surface area contributed by atoms with Crippen LogP contribution in [0.3, 0.4) is 0 Å². The third-order valence-electron chi connectivity index (χ3n) is 2.55. The molecule has 0 fully saturated rings. The molecule has 1 atom stereocenters. The van der Waals surface area contributed by atoms with Crippen LogP contribution in [-0.2, 0) is 4.79 Å². The number of amides is 2. The molecule has 0 aliphatic heterocycles. The number of carbonyl (C=O) groups is 2. The maximum Gasteiger partial charge on any atom is 0.323 e. The van der Waals surface area contributed by atoms with Crippen molar-refractivity contribution in [2.45, 2.75) is 32.7 Å². The molecule has 0 aromatic heterocycles. The summed E-state index contributed by atoms with van der Waals surface area (Å²) in [6.07, 6.45) is 6.96. The summed E-state index contributed by atoms with van der Waals surface area (Å²) < 4.78 is 0. The maximum atomic E-state index is 12.0. The molecule has 17 heavy (non-hydrogen) atoms. The van der Waals surface area contributed by atoms with E-state index in [-0.39, 0.29) is 25.2 Å². The molecule has 0 spiro atoms. The topological polar surface area (TPSA) is 60.9 Å². The van der Waals surface area contributed by atoms with Gasteiger partial charge in [-0.1, -0.05) is 19.3 Å². The van der Waals surface area contributed by atoms with Crippen molar-refractivity contribution in [3.63, 3.8) is 0 Å². The van der Waals surface area contributed by atoms with Gasteiger partial charge in [0.25, 0.3) is 0 Å². The Bertz CT molecular complexity index is 309. The van der Waals surface area contributed by atoms with Crippen molar-refractivity contribution in [3.05, 3.63) is 0 Å². The van der Waals surface area contributed by atoms with Crippen molar-refractivity contribution >= 4 is 12.0 Å². The highest BCUT2D eigenvalue weighted by Gasteiger charge is 2.22. The lowest BCUT2D eigenvalue weighted by Gasteiger charge is -2.30. The van der Waals surface area contributed by atoms with Crippen LogP contribution >= 0.6 is 0 Å². The van der Waals surface area contributed by atoms with Crippen LogP contribution in [0.2, 0.25) is 0 Å². The van der Waals surface area contributed by atoms with E-state index < -0.39 is 5.97 Å². The van der Waals surface area contributed by atoms with E-state index in [1.54, 1.807) is 7.05 Å². The van der Waals surface area contributed by atoms with Gasteiger partial charge >= 0.3 is 12.0 Å². The van der Waals surface area contributed by atoms with Gasteiger partial charge in [-0.2, -0.15) is 0 Å². The molecule has 1 unspecified atom stereocenters. The molecule has 0 aliphatic rings. The van der Waals surface area contributed by atoms with Gasteiger partial charge in [0.1, 0.15) is 6.54 Å². The zero-order valence-electron chi connectivity index (χ0n) is 10.6. The summed E-state index contributed by atoms with van der Waals surface area (Å²) in [7, 11) is 1.66. The van der Waals surface area contributed by atoms with Crippen LogP contribution in [0.15, 0.2) is 0 Å². The lowest BCUT2D eigenvalue weighted by atomic mass is 10.2. The van der Waals surface area contributed by atoms with E-state index in [4.69, 9.17) is 11.5 Å². The Labute approximate surface area is 102 Å². The number of nitrogens with zero attached hydrogens (tertiary/aromatic N) is 2. The van der Waals surface area contributed by atoms with Gasteiger partial charge in [0.05, 0.1) is 6.54 Å². The van der Waals surface area contributed by atoms with Gasteiger partial charge in [0.15, 0.2) is 0 Å². The fraction of sp³-hybridized carbons (Fsp3) is 0.667. The maximum absolute atomic E-state index is 12.0. The summed E-state index contributed by atoms with van der Waals surface area (Å²) in [5.41, 5.74) is 0. The van der Waals surface area contributed by atoms with Gasteiger partial charge in [-0.25, -0.2) is 4.79 Å². The van der Waals surface area contributed by atoms with Crippen molar-refractivity contribution in [1.82, 2.24) is 9.80 Å². The average Bonchev–Trinajstić information content (AvgIpc) is 2.26. The average molecular weight is 240 g/mol. The van der Waals surface area contributed by atoms with Crippen LogP contribution < -0.4 is 0 Å². The summed E-state index contributed by atoms with van der Waals surface area (Å²) in [5, 5.41) is 8.70. The SMILES string of the molecule is C#CCN(CC(=O)O)C(=O)N(C)C(C)CCC. The Morgan fingerprint density at radius 2 is 2.06 bits per heavy atom. The van der Waals surface area contributed by atoms with E-state index in [0.717, 1.165) is 17.7 Å². The van der Waals surface area contributed by atoms with E-state index in [1.165, 1.54) is 4.90 Å². The molecule has 1 N–H and O–H groups in total. The van der Waals surface area contributed by atoms with Gasteiger partial charge in [-0.3, -0.25) is 4.79 Å². The molecule has 2 amide bonds. The first kappa shape index (κ1) is 15.3. The van der Waals surface area contributed by atoms with Crippen LogP contribution in [0.25, 0.3) is 0 Å². The molecule has 0 rings (SSSR count). The molecule has 0 aliphatic carbocycles. The predicted molar refractivity (Wildman–Crippen MR) is 65.6 cm³/mol. The summed E-state index contributed by atoms with van der Waals surface area (Å²) in [4.78, 5) is 25.3. The van der Waals surface area contributed by atoms with Crippen LogP contribution in [0, 0.1) is 12.3 Å². The highest BCUT2D eigenvalue weighted by atomic mass is 16.4. The number of carboxylic acids is 1. The van der Waals surface area contributed by atoms with E-state index in [9.17, 15) is 9.59 Å². The Hall–Kier alpha value is -1.70. The number of aliphatic carboxylic acids is 1. The lowest BCUT2D eigenvalue weighted by molar-refractivity contribution is -0.137. The monoisotopic (exact) mass is 240 g/mol. The van der Waals surface area contributed by atoms with Crippen molar-refractivity contribution in [1.29, 1.82) is 0 Å². The first-order chi connectivity index (χ1) is 7.93. The fourth-order valence-corrected chi connectivity index (χ4v) is 1.49. The number of terminal acetylenes is 1. The molecular weight excluding hydrogens is 220 g/mol. The predicted octanol–water partition coefficient (Wildman–Crippen LogP) is 1.25. The summed E-state index contributed by atoms with van der Waals surface area (Å²) >= 11 is 0. The smallest absolute Gasteiger partial charge is 0.323 e. The zero-order chi connectivity index (χ0) is 13.4. The Balaban J connectivity index is 4.59. The number of urea groups is 1. The number of rotatable bonds is 6. The van der Waals surface area contributed by atoms with Crippen LogP contribution in [0.5, 0.6) is 0 Å². The first-order valence-corrected chi connectivity index (χ1v) is 5.61. The van der Waals surface area contributed by atoms with Gasteiger partial charge in [0, 0.05) is 13.1 Å². The molecular formula is C12H20N2O3. The summed E-state index contributed by atoms with van der Waals surface area (Å²) in [6.45, 7) is 3.60. The van der Waals surface area contributed by atoms with Gasteiger partial charge in [-0.05, 0) is 13.3 Å². The van der Waals surface area contributed by atoms with E-state index in [2.05, 4.69) is 5.92 Å². The molecule has 0 aromatic carbocycles. The van der Waals surface area contributed by atoms with Crippen molar-refractivity contribution in [3.8, 4) is 12.3 Å². The second kappa shape index (κ2) is 7.55. The van der Waals surface area contributed by atoms with Crippen molar-refractivity contribution in [2.24, 2.45) is 0 Å². The largest absolute Gasteiger partial charge is 0.480 e. The molecule has 0 aromatic rings. The second-order valence-electron chi connectivity index (χ2n) is 3.99. The number of carbonyl (C=O) groups excluding carboxylic acids is 1. The van der Waals surface area contributed by atoms with Crippen molar-refractivity contribution < 1.29 is 14.7 Å². The van der Waals surface area contributed by atoms with E-state index >= 15 is 0 Å². The third kappa shape index (κ3) is 5.25. The highest BCUT2D eigenvalue weighted by molar-refractivity contribution is 5.80. The molecule has 0 saturated heterocycles. The third-order valence-corrected chi connectivity index (χ3v) is 2.55. The normalized spacial score (nSPS) is 11.4. The summed E-state index contributed by atoms with van der Waals surface area (Å²) in [6, 6.07) is -0.270. The Kier molecular flexibility index (Phi) is 6.80. The Morgan fingerprint density at radius 3 is 2.47 bits per heavy atom. The highest BCUT2D eigenvalue weighted by Crippen LogP contribution is 2.07. The fourth-order valence-electron chi connectivity index (χ4n) is 1.49. The standard InChI is InChI=1S/C12H20N2O3/c1-5-7-10(3)13(4)12(17)14(8-6-2)9-11(15)16/h2,10H,5,7-9H2,1,3-4H3,(H,15,16). The van der Waals surface area contributed by atoms with Crippen LogP contribution in [-0.4, -0.2) is 53.1 Å². The molecule has 0 saturated carbocycles. The Morgan fingerprint density at radius 1 is 1.47 bits per heavy atom. The second-order valence-corrected chi connectivity index (χ2v) is 3.99. The minimum Gasteiger partial charge on any atom is -0.480 e. The zero-order valence-corrected chi connectivity index (χ0v) is 10.6. The quantitative estimate of drug-likeness (QED) is 0.711. The van der Waals surface area contributed by atoms with Gasteiger partial charge < -0.3 is 14.9 Å². The minimum atomic E-state index is -1.06. The molecule has 0 radical (unpaired) electrons. The van der Waals surface area contributed by atoms with Crippen molar-refractivity contribution in [2.75, 3.05) is 20.1 Å².